The summed E-state index contributed by atoms with van der Waals surface area (Å²) in [7, 11) is 0. The van der Waals surface area contributed by atoms with Crippen molar-refractivity contribution >= 4 is 33.3 Å². The smallest absolute Gasteiger partial charge is 0.168 e. The van der Waals surface area contributed by atoms with Gasteiger partial charge in [-0.05, 0) is 30.3 Å². The van der Waals surface area contributed by atoms with E-state index in [0.717, 1.165) is 6.07 Å². The average molecular weight is 364 g/mol. The molecular weight excluding hydrogens is 357 g/mol. The standard InChI is InChI=1S/C14H7BrClF3O/c15-10-2-1-7(16)5-8(10)13(20)6-9-11(17)3-4-12(18)14(9)19/h1-5H,6H2. The minimum atomic E-state index is -1.35. The number of rotatable bonds is 3. The first kappa shape index (κ1) is 15.1. The quantitative estimate of drug-likeness (QED) is 0.557. The molecule has 0 fully saturated rings. The lowest BCUT2D eigenvalue weighted by Gasteiger charge is -2.07. The summed E-state index contributed by atoms with van der Waals surface area (Å²) in [5.74, 6) is -4.07. The van der Waals surface area contributed by atoms with Gasteiger partial charge in [0.05, 0.1) is 0 Å². The minimum absolute atomic E-state index is 0.181. The molecule has 0 spiro atoms. The zero-order chi connectivity index (χ0) is 14.9. The van der Waals surface area contributed by atoms with Gasteiger partial charge >= 0.3 is 0 Å². The highest BCUT2D eigenvalue weighted by Crippen LogP contribution is 2.24. The first-order valence-corrected chi connectivity index (χ1v) is 6.68. The van der Waals surface area contributed by atoms with Gasteiger partial charge in [-0.25, -0.2) is 13.2 Å². The summed E-state index contributed by atoms with van der Waals surface area (Å²) in [6.07, 6.45) is -0.589. The van der Waals surface area contributed by atoms with E-state index in [1.165, 1.54) is 6.07 Å². The van der Waals surface area contributed by atoms with Crippen LogP contribution in [0, 0.1) is 17.5 Å². The van der Waals surface area contributed by atoms with Crippen LogP contribution in [0.25, 0.3) is 0 Å². The van der Waals surface area contributed by atoms with Crippen LogP contribution in [0.1, 0.15) is 15.9 Å². The number of carbonyl (C=O) groups is 1. The van der Waals surface area contributed by atoms with Crippen LogP contribution in [0.15, 0.2) is 34.8 Å². The fourth-order valence-corrected chi connectivity index (χ4v) is 2.34. The molecule has 0 aromatic heterocycles. The van der Waals surface area contributed by atoms with Crippen LogP contribution in [0.3, 0.4) is 0 Å². The minimum Gasteiger partial charge on any atom is -0.294 e. The van der Waals surface area contributed by atoms with E-state index in [1.807, 2.05) is 0 Å². The predicted octanol–water partition coefficient (Wildman–Crippen LogP) is 4.95. The molecule has 104 valence electrons. The highest BCUT2D eigenvalue weighted by atomic mass is 79.9. The van der Waals surface area contributed by atoms with Crippen molar-refractivity contribution in [1.82, 2.24) is 0 Å². The maximum atomic E-state index is 13.5. The number of hydrogen-bond acceptors (Lipinski definition) is 1. The summed E-state index contributed by atoms with van der Waals surface area (Å²) in [6.45, 7) is 0. The Morgan fingerprint density at radius 1 is 1.10 bits per heavy atom. The third-order valence-electron chi connectivity index (χ3n) is 2.71. The van der Waals surface area contributed by atoms with E-state index < -0.39 is 35.2 Å². The summed E-state index contributed by atoms with van der Waals surface area (Å²) in [5, 5.41) is 0.316. The molecule has 2 aromatic carbocycles. The molecule has 0 aliphatic heterocycles. The van der Waals surface area contributed by atoms with Gasteiger partial charge in [0.2, 0.25) is 0 Å². The van der Waals surface area contributed by atoms with Crippen LogP contribution in [0.5, 0.6) is 0 Å². The molecule has 0 aliphatic rings. The van der Waals surface area contributed by atoms with Crippen molar-refractivity contribution in [3.63, 3.8) is 0 Å². The molecule has 0 unspecified atom stereocenters. The second-order valence-corrected chi connectivity index (χ2v) is 5.34. The van der Waals surface area contributed by atoms with E-state index in [1.54, 1.807) is 12.1 Å². The van der Waals surface area contributed by atoms with Crippen LogP contribution in [-0.4, -0.2) is 5.78 Å². The van der Waals surface area contributed by atoms with Crippen molar-refractivity contribution in [3.8, 4) is 0 Å². The van der Waals surface area contributed by atoms with Crippen molar-refractivity contribution in [2.45, 2.75) is 6.42 Å². The highest BCUT2D eigenvalue weighted by Gasteiger charge is 2.19. The Morgan fingerprint density at radius 3 is 2.45 bits per heavy atom. The molecule has 0 heterocycles. The molecule has 2 aromatic rings. The second-order valence-electron chi connectivity index (χ2n) is 4.05. The molecule has 20 heavy (non-hydrogen) atoms. The fraction of sp³-hybridized carbons (Fsp3) is 0.0714. The van der Waals surface area contributed by atoms with E-state index in [4.69, 9.17) is 11.6 Å². The van der Waals surface area contributed by atoms with Gasteiger partial charge in [-0.2, -0.15) is 0 Å². The van der Waals surface area contributed by atoms with Gasteiger partial charge in [0.15, 0.2) is 17.4 Å². The molecule has 0 bridgehead atoms. The van der Waals surface area contributed by atoms with E-state index in [2.05, 4.69) is 15.9 Å². The third-order valence-corrected chi connectivity index (χ3v) is 3.63. The lowest BCUT2D eigenvalue weighted by Crippen LogP contribution is -2.09. The molecule has 0 atom stereocenters. The highest BCUT2D eigenvalue weighted by molar-refractivity contribution is 9.10. The SMILES string of the molecule is O=C(Cc1c(F)ccc(F)c1F)c1cc(Cl)ccc1Br. The van der Waals surface area contributed by atoms with E-state index in [0.29, 0.717) is 15.6 Å². The van der Waals surface area contributed by atoms with E-state index in [-0.39, 0.29) is 5.56 Å². The predicted molar refractivity (Wildman–Crippen MR) is 73.5 cm³/mol. The summed E-state index contributed by atoms with van der Waals surface area (Å²) >= 11 is 8.93. The van der Waals surface area contributed by atoms with Crippen LogP contribution >= 0.6 is 27.5 Å². The molecule has 0 aliphatic carbocycles. The van der Waals surface area contributed by atoms with Crippen molar-refractivity contribution in [1.29, 1.82) is 0 Å². The van der Waals surface area contributed by atoms with Gasteiger partial charge in [-0.1, -0.05) is 27.5 Å². The Bertz CT molecular complexity index is 688. The van der Waals surface area contributed by atoms with Crippen LogP contribution in [-0.2, 0) is 6.42 Å². The Hall–Kier alpha value is -1.33. The number of hydrogen-bond donors (Lipinski definition) is 0. The molecule has 6 heteroatoms. The fourth-order valence-electron chi connectivity index (χ4n) is 1.70. The molecule has 2 rings (SSSR count). The second kappa shape index (κ2) is 5.97. The molecule has 1 nitrogen and oxygen atoms in total. The number of Topliss-reactive ketones (excluding diaryl/α,β-unsaturated/α-hetero) is 1. The maximum Gasteiger partial charge on any atom is 0.168 e. The Morgan fingerprint density at radius 2 is 1.75 bits per heavy atom. The number of carbonyl (C=O) groups excluding carboxylic acids is 1. The van der Waals surface area contributed by atoms with Crippen LogP contribution in [0.2, 0.25) is 5.02 Å². The largest absolute Gasteiger partial charge is 0.294 e. The molecule has 0 saturated carbocycles. The van der Waals surface area contributed by atoms with Gasteiger partial charge in [-0.3, -0.25) is 4.79 Å². The lowest BCUT2D eigenvalue weighted by molar-refractivity contribution is 0.0989. The number of halogens is 5. The molecule has 0 saturated heterocycles. The van der Waals surface area contributed by atoms with Crippen molar-refractivity contribution in [2.75, 3.05) is 0 Å². The Balaban J connectivity index is 2.38. The average Bonchev–Trinajstić information content (AvgIpc) is 2.41. The van der Waals surface area contributed by atoms with Gasteiger partial charge in [-0.15, -0.1) is 0 Å². The van der Waals surface area contributed by atoms with Crippen molar-refractivity contribution in [2.24, 2.45) is 0 Å². The van der Waals surface area contributed by atoms with Gasteiger partial charge in [0.25, 0.3) is 0 Å². The van der Waals surface area contributed by atoms with Gasteiger partial charge < -0.3 is 0 Å². The molecular formula is C14H7BrClF3O. The van der Waals surface area contributed by atoms with Crippen molar-refractivity contribution < 1.29 is 18.0 Å². The zero-order valence-corrected chi connectivity index (χ0v) is 12.2. The van der Waals surface area contributed by atoms with Crippen LogP contribution in [0.4, 0.5) is 13.2 Å². The Kier molecular flexibility index (Phi) is 4.50. The number of benzene rings is 2. The van der Waals surface area contributed by atoms with E-state index >= 15 is 0 Å². The summed E-state index contributed by atoms with van der Waals surface area (Å²) in [4.78, 5) is 12.1. The zero-order valence-electron chi connectivity index (χ0n) is 9.89. The van der Waals surface area contributed by atoms with Crippen molar-refractivity contribution in [3.05, 3.63) is 68.4 Å². The topological polar surface area (TPSA) is 17.1 Å². The van der Waals surface area contributed by atoms with Crippen LogP contribution < -0.4 is 0 Å². The first-order chi connectivity index (χ1) is 9.40. The third kappa shape index (κ3) is 3.04. The molecule has 0 N–H and O–H groups in total. The number of ketones is 1. The van der Waals surface area contributed by atoms with Gasteiger partial charge in [0, 0.05) is 27.0 Å². The first-order valence-electron chi connectivity index (χ1n) is 5.50. The Labute approximate surface area is 126 Å². The summed E-state index contributed by atoms with van der Waals surface area (Å²) < 4.78 is 40.5. The van der Waals surface area contributed by atoms with E-state index in [9.17, 15) is 18.0 Å². The molecule has 0 radical (unpaired) electrons. The summed E-state index contributed by atoms with van der Waals surface area (Å²) in [5.41, 5.74) is -0.414. The normalized spacial score (nSPS) is 10.7. The lowest BCUT2D eigenvalue weighted by atomic mass is 10.0. The monoisotopic (exact) mass is 362 g/mol. The van der Waals surface area contributed by atoms with Gasteiger partial charge in [0.1, 0.15) is 5.82 Å². The summed E-state index contributed by atoms with van der Waals surface area (Å²) in [6, 6.07) is 5.95. The maximum absolute atomic E-state index is 13.5. The molecule has 0 amide bonds.